The minimum absolute atomic E-state index is 0.417. The summed E-state index contributed by atoms with van der Waals surface area (Å²) in [6.45, 7) is 6.32. The molecule has 2 nitrogen and oxygen atoms in total. The van der Waals surface area contributed by atoms with E-state index < -0.39 is 5.60 Å². The fourth-order valence-corrected chi connectivity index (χ4v) is 2.99. The van der Waals surface area contributed by atoms with Crippen LogP contribution in [0.5, 0.6) is 0 Å². The average Bonchev–Trinajstić information content (AvgIpc) is 2.41. The predicted octanol–water partition coefficient (Wildman–Crippen LogP) is 3.45. The Labute approximate surface area is 111 Å². The van der Waals surface area contributed by atoms with Gasteiger partial charge in [0.15, 0.2) is 0 Å². The molecule has 1 N–H and O–H groups in total. The van der Waals surface area contributed by atoms with Crippen LogP contribution in [0.4, 0.5) is 5.69 Å². The van der Waals surface area contributed by atoms with Gasteiger partial charge in [-0.3, -0.25) is 0 Å². The summed E-state index contributed by atoms with van der Waals surface area (Å²) in [5.41, 5.74) is 0.837. The highest BCUT2D eigenvalue weighted by Gasteiger charge is 2.36. The Bertz CT molecular complexity index is 355. The Balaban J connectivity index is 1.95. The van der Waals surface area contributed by atoms with Gasteiger partial charge in [0.1, 0.15) is 0 Å². The molecule has 2 rings (SSSR count). The van der Waals surface area contributed by atoms with Gasteiger partial charge in [0, 0.05) is 18.8 Å². The molecule has 1 aliphatic rings. The van der Waals surface area contributed by atoms with Crippen LogP contribution in [0, 0.1) is 5.92 Å². The summed E-state index contributed by atoms with van der Waals surface area (Å²) < 4.78 is 0. The van der Waals surface area contributed by atoms with Crippen LogP contribution in [0.1, 0.15) is 39.5 Å². The summed E-state index contributed by atoms with van der Waals surface area (Å²) in [4.78, 5) is 2.38. The molecule has 1 heterocycles. The molecule has 0 saturated carbocycles. The van der Waals surface area contributed by atoms with Crippen LogP contribution in [-0.4, -0.2) is 23.8 Å². The first-order chi connectivity index (χ1) is 8.65. The lowest BCUT2D eigenvalue weighted by molar-refractivity contribution is -0.0356. The number of rotatable bonds is 4. The van der Waals surface area contributed by atoms with Crippen LogP contribution in [0.15, 0.2) is 30.3 Å². The SMILES string of the molecule is CCCC(C)C1(O)CCN(c2ccccc2)CC1. The van der Waals surface area contributed by atoms with Crippen LogP contribution in [-0.2, 0) is 0 Å². The maximum atomic E-state index is 10.7. The lowest BCUT2D eigenvalue weighted by Crippen LogP contribution is -2.48. The van der Waals surface area contributed by atoms with Gasteiger partial charge in [-0.05, 0) is 37.3 Å². The van der Waals surface area contributed by atoms with Gasteiger partial charge in [-0.25, -0.2) is 0 Å². The molecule has 0 radical (unpaired) electrons. The molecule has 0 amide bonds. The molecule has 2 heteroatoms. The number of aliphatic hydroxyl groups is 1. The lowest BCUT2D eigenvalue weighted by Gasteiger charge is -2.42. The van der Waals surface area contributed by atoms with Gasteiger partial charge in [0.25, 0.3) is 0 Å². The number of piperidine rings is 1. The van der Waals surface area contributed by atoms with E-state index in [1.807, 2.05) is 6.07 Å². The number of para-hydroxylation sites is 1. The zero-order valence-corrected chi connectivity index (χ0v) is 11.6. The van der Waals surface area contributed by atoms with Gasteiger partial charge in [-0.15, -0.1) is 0 Å². The number of anilines is 1. The fourth-order valence-electron chi connectivity index (χ4n) is 2.99. The number of benzene rings is 1. The largest absolute Gasteiger partial charge is 0.389 e. The van der Waals surface area contributed by atoms with E-state index in [1.165, 1.54) is 5.69 Å². The van der Waals surface area contributed by atoms with Crippen LogP contribution < -0.4 is 4.90 Å². The minimum Gasteiger partial charge on any atom is -0.389 e. The summed E-state index contributed by atoms with van der Waals surface area (Å²) in [6.07, 6.45) is 4.07. The van der Waals surface area contributed by atoms with E-state index in [2.05, 4.69) is 43.0 Å². The maximum Gasteiger partial charge on any atom is 0.0706 e. The van der Waals surface area contributed by atoms with Crippen molar-refractivity contribution < 1.29 is 5.11 Å². The molecule has 18 heavy (non-hydrogen) atoms. The topological polar surface area (TPSA) is 23.5 Å². The molecule has 1 saturated heterocycles. The minimum atomic E-state index is -0.443. The van der Waals surface area contributed by atoms with Crippen LogP contribution in [0.2, 0.25) is 0 Å². The molecular formula is C16H25NO. The van der Waals surface area contributed by atoms with E-state index in [1.54, 1.807) is 0 Å². The lowest BCUT2D eigenvalue weighted by atomic mass is 9.78. The highest BCUT2D eigenvalue weighted by Crippen LogP contribution is 2.33. The first-order valence-corrected chi connectivity index (χ1v) is 7.18. The molecule has 1 unspecified atom stereocenters. The molecule has 1 aliphatic heterocycles. The van der Waals surface area contributed by atoms with Crippen molar-refractivity contribution in [1.82, 2.24) is 0 Å². The molecule has 1 atom stereocenters. The second kappa shape index (κ2) is 5.75. The molecule has 0 bridgehead atoms. The van der Waals surface area contributed by atoms with Crippen molar-refractivity contribution >= 4 is 5.69 Å². The Morgan fingerprint density at radius 3 is 2.39 bits per heavy atom. The molecule has 1 fully saturated rings. The number of hydrogen-bond donors (Lipinski definition) is 1. The van der Waals surface area contributed by atoms with Crippen LogP contribution in [0.3, 0.4) is 0 Å². The standard InChI is InChI=1S/C16H25NO/c1-3-7-14(2)16(18)10-12-17(13-11-16)15-8-5-4-6-9-15/h4-6,8-9,14,18H,3,7,10-13H2,1-2H3. The molecule has 0 spiro atoms. The van der Waals surface area contributed by atoms with Crippen LogP contribution in [0.25, 0.3) is 0 Å². The molecule has 0 aliphatic carbocycles. The van der Waals surface area contributed by atoms with Gasteiger partial charge in [-0.1, -0.05) is 38.5 Å². The van der Waals surface area contributed by atoms with E-state index >= 15 is 0 Å². The van der Waals surface area contributed by atoms with Crippen molar-refractivity contribution in [2.24, 2.45) is 5.92 Å². The van der Waals surface area contributed by atoms with Gasteiger partial charge in [-0.2, -0.15) is 0 Å². The first-order valence-electron chi connectivity index (χ1n) is 7.18. The van der Waals surface area contributed by atoms with E-state index in [-0.39, 0.29) is 0 Å². The summed E-state index contributed by atoms with van der Waals surface area (Å²) in [5.74, 6) is 0.417. The Hall–Kier alpha value is -1.02. The van der Waals surface area contributed by atoms with Crippen molar-refractivity contribution in [3.8, 4) is 0 Å². The second-order valence-electron chi connectivity index (χ2n) is 5.62. The normalized spacial score (nSPS) is 20.7. The van der Waals surface area contributed by atoms with E-state index in [4.69, 9.17) is 0 Å². The number of nitrogens with zero attached hydrogens (tertiary/aromatic N) is 1. The van der Waals surface area contributed by atoms with E-state index in [0.29, 0.717) is 5.92 Å². The summed E-state index contributed by atoms with van der Waals surface area (Å²) in [6, 6.07) is 10.5. The zero-order valence-electron chi connectivity index (χ0n) is 11.6. The van der Waals surface area contributed by atoms with Gasteiger partial charge in [0.2, 0.25) is 0 Å². The monoisotopic (exact) mass is 247 g/mol. The molecule has 0 aromatic heterocycles. The van der Waals surface area contributed by atoms with Crippen molar-refractivity contribution in [2.45, 2.75) is 45.1 Å². The summed E-state index contributed by atoms with van der Waals surface area (Å²) in [7, 11) is 0. The number of hydrogen-bond acceptors (Lipinski definition) is 2. The van der Waals surface area contributed by atoms with E-state index in [9.17, 15) is 5.11 Å². The fraction of sp³-hybridized carbons (Fsp3) is 0.625. The quantitative estimate of drug-likeness (QED) is 0.881. The highest BCUT2D eigenvalue weighted by molar-refractivity contribution is 5.46. The maximum absolute atomic E-state index is 10.7. The van der Waals surface area contributed by atoms with Gasteiger partial charge < -0.3 is 10.0 Å². The van der Waals surface area contributed by atoms with E-state index in [0.717, 1.165) is 38.8 Å². The van der Waals surface area contributed by atoms with Crippen molar-refractivity contribution in [2.75, 3.05) is 18.0 Å². The summed E-state index contributed by atoms with van der Waals surface area (Å²) >= 11 is 0. The van der Waals surface area contributed by atoms with Gasteiger partial charge in [0.05, 0.1) is 5.60 Å². The van der Waals surface area contributed by atoms with Gasteiger partial charge >= 0.3 is 0 Å². The smallest absolute Gasteiger partial charge is 0.0706 e. The van der Waals surface area contributed by atoms with Crippen molar-refractivity contribution in [1.29, 1.82) is 0 Å². The second-order valence-corrected chi connectivity index (χ2v) is 5.62. The molecule has 100 valence electrons. The third-order valence-corrected chi connectivity index (χ3v) is 4.39. The molecular weight excluding hydrogens is 222 g/mol. The van der Waals surface area contributed by atoms with Crippen molar-refractivity contribution in [3.63, 3.8) is 0 Å². The summed E-state index contributed by atoms with van der Waals surface area (Å²) in [5, 5.41) is 10.7. The zero-order chi connectivity index (χ0) is 13.0. The predicted molar refractivity (Wildman–Crippen MR) is 76.9 cm³/mol. The third kappa shape index (κ3) is 2.86. The highest BCUT2D eigenvalue weighted by atomic mass is 16.3. The molecule has 1 aromatic rings. The first kappa shape index (κ1) is 13.4. The third-order valence-electron chi connectivity index (χ3n) is 4.39. The molecule has 1 aromatic carbocycles. The average molecular weight is 247 g/mol. The Morgan fingerprint density at radius 2 is 1.83 bits per heavy atom. The van der Waals surface area contributed by atoms with Crippen molar-refractivity contribution in [3.05, 3.63) is 30.3 Å². The Kier molecular flexibility index (Phi) is 4.28. The van der Waals surface area contributed by atoms with Crippen LogP contribution >= 0.6 is 0 Å². The Morgan fingerprint density at radius 1 is 1.22 bits per heavy atom.